The maximum Gasteiger partial charge on any atom is 0.343 e. The first kappa shape index (κ1) is 21.0. The minimum atomic E-state index is -0.557. The molecule has 3 aromatic carbocycles. The van der Waals surface area contributed by atoms with E-state index in [0.717, 1.165) is 0 Å². The zero-order chi connectivity index (χ0) is 21.5. The number of halogens is 2. The Morgan fingerprint density at radius 3 is 2.30 bits per heavy atom. The zero-order valence-electron chi connectivity index (χ0n) is 15.8. The molecule has 3 rings (SSSR count). The van der Waals surface area contributed by atoms with E-state index >= 15 is 0 Å². The van der Waals surface area contributed by atoms with Crippen LogP contribution in [0.5, 0.6) is 11.5 Å². The Morgan fingerprint density at radius 2 is 1.63 bits per heavy atom. The Balaban J connectivity index is 1.66. The van der Waals surface area contributed by atoms with Gasteiger partial charge in [0.1, 0.15) is 5.82 Å². The van der Waals surface area contributed by atoms with Crippen LogP contribution in [0.4, 0.5) is 4.39 Å². The number of esters is 1. The molecule has 0 fully saturated rings. The lowest BCUT2D eigenvalue weighted by molar-refractivity contribution is 0.0729. The summed E-state index contributed by atoms with van der Waals surface area (Å²) in [4.78, 5) is 24.2. The van der Waals surface area contributed by atoms with E-state index in [-0.39, 0.29) is 11.3 Å². The number of carbonyl (C=O) groups is 2. The average Bonchev–Trinajstić information content (AvgIpc) is 2.75. The lowest BCUT2D eigenvalue weighted by Gasteiger charge is -2.10. The van der Waals surface area contributed by atoms with Crippen LogP contribution in [0.25, 0.3) is 0 Å². The topological polar surface area (TPSA) is 77.0 Å². The largest absolute Gasteiger partial charge is 0.493 e. The van der Waals surface area contributed by atoms with Gasteiger partial charge in [-0.3, -0.25) is 4.79 Å². The van der Waals surface area contributed by atoms with Gasteiger partial charge in [-0.1, -0.05) is 11.6 Å². The van der Waals surface area contributed by atoms with E-state index in [1.165, 1.54) is 37.6 Å². The van der Waals surface area contributed by atoms with E-state index < -0.39 is 17.7 Å². The average molecular weight is 427 g/mol. The highest BCUT2D eigenvalue weighted by molar-refractivity contribution is 6.30. The van der Waals surface area contributed by atoms with Crippen molar-refractivity contribution in [3.05, 3.63) is 94.3 Å². The quantitative estimate of drug-likeness (QED) is 0.273. The fourth-order valence-electron chi connectivity index (χ4n) is 2.42. The molecule has 152 valence electrons. The molecule has 8 heteroatoms. The molecule has 0 spiro atoms. The number of hydrogen-bond donors (Lipinski definition) is 1. The normalized spacial score (nSPS) is 10.6. The maximum atomic E-state index is 12.9. The van der Waals surface area contributed by atoms with Gasteiger partial charge >= 0.3 is 5.97 Å². The zero-order valence-corrected chi connectivity index (χ0v) is 16.5. The molecular formula is C22H16ClFN2O4. The van der Waals surface area contributed by atoms with E-state index in [1.54, 1.807) is 42.5 Å². The number of rotatable bonds is 6. The van der Waals surface area contributed by atoms with Crippen LogP contribution in [-0.4, -0.2) is 25.2 Å². The second kappa shape index (κ2) is 9.67. The van der Waals surface area contributed by atoms with Crippen LogP contribution in [0.15, 0.2) is 71.8 Å². The number of amides is 1. The third-order valence-electron chi connectivity index (χ3n) is 3.96. The Morgan fingerprint density at radius 1 is 0.967 bits per heavy atom. The van der Waals surface area contributed by atoms with E-state index in [2.05, 4.69) is 10.5 Å². The van der Waals surface area contributed by atoms with Crippen molar-refractivity contribution in [3.8, 4) is 11.5 Å². The van der Waals surface area contributed by atoms with Gasteiger partial charge in [0.05, 0.1) is 18.9 Å². The second-order valence-corrected chi connectivity index (χ2v) is 6.45. The standard InChI is InChI=1S/C22H16ClFN2O4/c1-29-20-12-14(13-25-26-21(27)15-5-9-18(24)10-6-15)2-11-19(20)30-22(28)16-3-7-17(23)8-4-16/h2-13H,1H3,(H,26,27)/b25-13+. The molecule has 0 aromatic heterocycles. The third kappa shape index (κ3) is 5.42. The minimum absolute atomic E-state index is 0.227. The fraction of sp³-hybridized carbons (Fsp3) is 0.0455. The SMILES string of the molecule is COc1cc(/C=N/NC(=O)c2ccc(F)cc2)ccc1OC(=O)c1ccc(Cl)cc1. The fourth-order valence-corrected chi connectivity index (χ4v) is 2.55. The van der Waals surface area contributed by atoms with Crippen molar-refractivity contribution >= 4 is 29.7 Å². The highest BCUT2D eigenvalue weighted by Crippen LogP contribution is 2.28. The Labute approximate surface area is 176 Å². The van der Waals surface area contributed by atoms with Crippen molar-refractivity contribution in [3.63, 3.8) is 0 Å². The number of nitrogens with one attached hydrogen (secondary N) is 1. The van der Waals surface area contributed by atoms with Crippen molar-refractivity contribution in [1.82, 2.24) is 5.43 Å². The molecule has 1 amide bonds. The summed E-state index contributed by atoms with van der Waals surface area (Å²) in [6.07, 6.45) is 1.40. The Bertz CT molecular complexity index is 1080. The lowest BCUT2D eigenvalue weighted by Crippen LogP contribution is -2.17. The molecule has 3 aromatic rings. The predicted molar refractivity (Wildman–Crippen MR) is 111 cm³/mol. The number of ether oxygens (including phenoxy) is 2. The Kier molecular flexibility index (Phi) is 6.77. The molecule has 0 saturated carbocycles. The molecule has 0 saturated heterocycles. The van der Waals surface area contributed by atoms with Gasteiger partial charge in [-0.05, 0) is 72.3 Å². The van der Waals surface area contributed by atoms with E-state index in [0.29, 0.717) is 21.9 Å². The lowest BCUT2D eigenvalue weighted by atomic mass is 10.2. The van der Waals surface area contributed by atoms with Crippen LogP contribution in [0.1, 0.15) is 26.3 Å². The van der Waals surface area contributed by atoms with Crippen molar-refractivity contribution in [2.24, 2.45) is 5.10 Å². The summed E-state index contributed by atoms with van der Waals surface area (Å²) in [5.74, 6) is -0.931. The van der Waals surface area contributed by atoms with Gasteiger partial charge < -0.3 is 9.47 Å². The number of benzene rings is 3. The molecule has 0 bridgehead atoms. The van der Waals surface area contributed by atoms with Crippen molar-refractivity contribution in [1.29, 1.82) is 0 Å². The number of hydrogen-bond acceptors (Lipinski definition) is 5. The van der Waals surface area contributed by atoms with Crippen LogP contribution >= 0.6 is 11.6 Å². The van der Waals surface area contributed by atoms with Crippen molar-refractivity contribution < 1.29 is 23.5 Å². The van der Waals surface area contributed by atoms with E-state index in [1.807, 2.05) is 0 Å². The molecule has 0 aliphatic rings. The predicted octanol–water partition coefficient (Wildman–Crippen LogP) is 4.47. The van der Waals surface area contributed by atoms with Gasteiger partial charge in [-0.25, -0.2) is 14.6 Å². The van der Waals surface area contributed by atoms with Crippen LogP contribution in [-0.2, 0) is 0 Å². The first-order valence-electron chi connectivity index (χ1n) is 8.71. The number of nitrogens with zero attached hydrogens (tertiary/aromatic N) is 1. The number of hydrazone groups is 1. The van der Waals surface area contributed by atoms with Gasteiger partial charge in [0.15, 0.2) is 11.5 Å². The molecule has 0 aliphatic heterocycles. The monoisotopic (exact) mass is 426 g/mol. The molecule has 0 radical (unpaired) electrons. The molecular weight excluding hydrogens is 411 g/mol. The van der Waals surface area contributed by atoms with Gasteiger partial charge in [-0.2, -0.15) is 5.10 Å². The molecule has 0 aliphatic carbocycles. The van der Waals surface area contributed by atoms with Crippen LogP contribution < -0.4 is 14.9 Å². The smallest absolute Gasteiger partial charge is 0.343 e. The molecule has 30 heavy (non-hydrogen) atoms. The Hall–Kier alpha value is -3.71. The number of carbonyl (C=O) groups excluding carboxylic acids is 2. The first-order chi connectivity index (χ1) is 14.5. The summed E-state index contributed by atoms with van der Waals surface area (Å²) in [6, 6.07) is 16.2. The summed E-state index contributed by atoms with van der Waals surface area (Å²) in [5.41, 5.74) is 3.56. The second-order valence-electron chi connectivity index (χ2n) is 6.01. The van der Waals surface area contributed by atoms with Crippen molar-refractivity contribution in [2.45, 2.75) is 0 Å². The molecule has 0 atom stereocenters. The highest BCUT2D eigenvalue weighted by Gasteiger charge is 2.13. The summed E-state index contributed by atoms with van der Waals surface area (Å²) in [6.45, 7) is 0. The molecule has 0 heterocycles. The van der Waals surface area contributed by atoms with Gasteiger partial charge in [-0.15, -0.1) is 0 Å². The third-order valence-corrected chi connectivity index (χ3v) is 4.21. The molecule has 1 N–H and O–H groups in total. The van der Waals surface area contributed by atoms with Crippen molar-refractivity contribution in [2.75, 3.05) is 7.11 Å². The first-order valence-corrected chi connectivity index (χ1v) is 9.09. The van der Waals surface area contributed by atoms with E-state index in [4.69, 9.17) is 21.1 Å². The summed E-state index contributed by atoms with van der Waals surface area (Å²) in [5, 5.41) is 4.38. The molecule has 6 nitrogen and oxygen atoms in total. The van der Waals surface area contributed by atoms with Crippen LogP contribution in [0.2, 0.25) is 5.02 Å². The van der Waals surface area contributed by atoms with Gasteiger partial charge in [0.2, 0.25) is 0 Å². The minimum Gasteiger partial charge on any atom is -0.493 e. The molecule has 0 unspecified atom stereocenters. The van der Waals surface area contributed by atoms with E-state index in [9.17, 15) is 14.0 Å². The maximum absolute atomic E-state index is 12.9. The summed E-state index contributed by atoms with van der Waals surface area (Å²) in [7, 11) is 1.44. The number of methoxy groups -OCH3 is 1. The van der Waals surface area contributed by atoms with Crippen LogP contribution in [0.3, 0.4) is 0 Å². The summed E-state index contributed by atoms with van der Waals surface area (Å²) < 4.78 is 23.6. The summed E-state index contributed by atoms with van der Waals surface area (Å²) >= 11 is 5.82. The highest BCUT2D eigenvalue weighted by atomic mass is 35.5. The van der Waals surface area contributed by atoms with Gasteiger partial charge in [0, 0.05) is 10.6 Å². The van der Waals surface area contributed by atoms with Crippen LogP contribution in [0, 0.1) is 5.82 Å². The van der Waals surface area contributed by atoms with Gasteiger partial charge in [0.25, 0.3) is 5.91 Å².